The van der Waals surface area contributed by atoms with E-state index in [0.29, 0.717) is 44.1 Å². The van der Waals surface area contributed by atoms with E-state index in [2.05, 4.69) is 20.1 Å². The second-order valence-corrected chi connectivity index (χ2v) is 7.76. The van der Waals surface area contributed by atoms with Gasteiger partial charge in [0.1, 0.15) is 28.2 Å². The van der Waals surface area contributed by atoms with Gasteiger partial charge in [-0.3, -0.25) is 0 Å². The number of thiophene rings is 1. The van der Waals surface area contributed by atoms with Crippen molar-refractivity contribution in [3.63, 3.8) is 0 Å². The zero-order chi connectivity index (χ0) is 21.8. The lowest BCUT2D eigenvalue weighted by molar-refractivity contribution is -0.141. The number of pyridine rings is 1. The molecule has 0 spiro atoms. The Morgan fingerprint density at radius 3 is 2.65 bits per heavy atom. The highest BCUT2D eigenvalue weighted by atomic mass is 32.1. The van der Waals surface area contributed by atoms with Gasteiger partial charge in [0, 0.05) is 5.39 Å². The topological polar surface area (TPSA) is 74.4 Å². The normalized spacial score (nSPS) is 12.2. The van der Waals surface area contributed by atoms with E-state index in [-0.39, 0.29) is 11.4 Å². The van der Waals surface area contributed by atoms with E-state index in [1.54, 1.807) is 26.2 Å². The maximum Gasteiger partial charge on any atom is 0.433 e. The van der Waals surface area contributed by atoms with Gasteiger partial charge in [-0.2, -0.15) is 13.2 Å². The van der Waals surface area contributed by atoms with Crippen molar-refractivity contribution in [1.29, 1.82) is 0 Å². The lowest BCUT2D eigenvalue weighted by Gasteiger charge is -2.08. The molecule has 0 N–H and O–H groups in total. The van der Waals surface area contributed by atoms with Gasteiger partial charge < -0.3 is 9.47 Å². The third-order valence-electron chi connectivity index (χ3n) is 4.72. The van der Waals surface area contributed by atoms with Crippen molar-refractivity contribution in [1.82, 2.24) is 24.6 Å². The number of halogens is 3. The first-order valence-corrected chi connectivity index (χ1v) is 9.94. The number of para-hydroxylation sites is 2. The maximum absolute atomic E-state index is 13.2. The molecule has 0 fully saturated rings. The average molecular weight is 445 g/mol. The molecule has 158 valence electrons. The Labute approximate surface area is 177 Å². The molecule has 31 heavy (non-hydrogen) atoms. The van der Waals surface area contributed by atoms with Crippen molar-refractivity contribution < 1.29 is 22.6 Å². The van der Waals surface area contributed by atoms with E-state index < -0.39 is 11.9 Å². The molecule has 0 aliphatic carbocycles. The fourth-order valence-corrected chi connectivity index (χ4v) is 4.52. The highest BCUT2D eigenvalue weighted by molar-refractivity contribution is 7.26. The Bertz CT molecular complexity index is 1440. The van der Waals surface area contributed by atoms with Crippen LogP contribution in [0.15, 0.2) is 36.7 Å². The predicted molar refractivity (Wildman–Crippen MR) is 109 cm³/mol. The Morgan fingerprint density at radius 1 is 1.13 bits per heavy atom. The van der Waals surface area contributed by atoms with E-state index in [0.717, 1.165) is 17.4 Å². The summed E-state index contributed by atoms with van der Waals surface area (Å²) in [6, 6.07) is 8.24. The van der Waals surface area contributed by atoms with Crippen LogP contribution in [0.25, 0.3) is 26.1 Å². The largest absolute Gasteiger partial charge is 0.493 e. The van der Waals surface area contributed by atoms with E-state index in [1.165, 1.54) is 10.8 Å². The summed E-state index contributed by atoms with van der Waals surface area (Å²) in [4.78, 5) is 13.0. The molecular weight excluding hydrogens is 431 g/mol. The summed E-state index contributed by atoms with van der Waals surface area (Å²) >= 11 is 1.11. The van der Waals surface area contributed by atoms with Crippen LogP contribution < -0.4 is 9.47 Å². The number of fused-ring (bicyclic) bond motifs is 5. The van der Waals surface area contributed by atoms with Crippen LogP contribution in [0.3, 0.4) is 0 Å². The van der Waals surface area contributed by atoms with Crippen LogP contribution in [-0.2, 0) is 12.8 Å². The van der Waals surface area contributed by atoms with Crippen LogP contribution >= 0.6 is 11.3 Å². The first-order chi connectivity index (χ1) is 14.8. The fraction of sp³-hybridized carbons (Fsp3) is 0.200. The second kappa shape index (κ2) is 7.05. The third kappa shape index (κ3) is 3.30. The zero-order valence-corrected chi connectivity index (χ0v) is 17.1. The molecule has 4 heterocycles. The van der Waals surface area contributed by atoms with Crippen LogP contribution in [0.5, 0.6) is 11.5 Å². The van der Waals surface area contributed by atoms with E-state index in [1.807, 2.05) is 12.1 Å². The molecule has 4 aromatic heterocycles. The Kier molecular flexibility index (Phi) is 4.43. The SMILES string of the molecule is COc1ccccc1OCc1nc2c3sc4nc(C(F)(F)F)cc(C)c4c3ncn2n1. The number of ether oxygens (including phenoxy) is 2. The second-order valence-electron chi connectivity index (χ2n) is 6.76. The van der Waals surface area contributed by atoms with Crippen LogP contribution in [0, 0.1) is 6.92 Å². The van der Waals surface area contributed by atoms with Gasteiger partial charge in [-0.15, -0.1) is 16.4 Å². The van der Waals surface area contributed by atoms with Gasteiger partial charge in [0.15, 0.2) is 23.0 Å². The van der Waals surface area contributed by atoms with Crippen molar-refractivity contribution in [3.8, 4) is 11.5 Å². The zero-order valence-electron chi connectivity index (χ0n) is 16.3. The molecule has 0 atom stereocenters. The fourth-order valence-electron chi connectivity index (χ4n) is 3.34. The van der Waals surface area contributed by atoms with Gasteiger partial charge in [-0.1, -0.05) is 12.1 Å². The van der Waals surface area contributed by atoms with Crippen molar-refractivity contribution >= 4 is 37.4 Å². The molecule has 11 heteroatoms. The molecule has 0 unspecified atom stereocenters. The smallest absolute Gasteiger partial charge is 0.433 e. The molecule has 0 saturated heterocycles. The summed E-state index contributed by atoms with van der Waals surface area (Å²) in [5.74, 6) is 1.54. The summed E-state index contributed by atoms with van der Waals surface area (Å²) < 4.78 is 52.6. The van der Waals surface area contributed by atoms with Crippen molar-refractivity contribution in [3.05, 3.63) is 53.7 Å². The Morgan fingerprint density at radius 2 is 1.90 bits per heavy atom. The minimum atomic E-state index is -4.52. The summed E-state index contributed by atoms with van der Waals surface area (Å²) in [7, 11) is 1.55. The Hall–Kier alpha value is -3.47. The third-order valence-corrected chi connectivity index (χ3v) is 5.79. The van der Waals surface area contributed by atoms with E-state index in [4.69, 9.17) is 9.47 Å². The molecule has 0 amide bonds. The van der Waals surface area contributed by atoms with Crippen molar-refractivity contribution in [2.45, 2.75) is 19.7 Å². The van der Waals surface area contributed by atoms with Crippen molar-refractivity contribution in [2.24, 2.45) is 0 Å². The first-order valence-electron chi connectivity index (χ1n) is 9.12. The lowest BCUT2D eigenvalue weighted by Crippen LogP contribution is -2.07. The summed E-state index contributed by atoms with van der Waals surface area (Å²) in [5, 5.41) is 4.95. The number of aryl methyl sites for hydroxylation is 1. The van der Waals surface area contributed by atoms with Crippen molar-refractivity contribution in [2.75, 3.05) is 7.11 Å². The summed E-state index contributed by atoms with van der Waals surface area (Å²) in [5.41, 5.74) is 0.572. The quantitative estimate of drug-likeness (QED) is 0.396. The van der Waals surface area contributed by atoms with Crippen LogP contribution in [-0.4, -0.2) is 31.7 Å². The number of alkyl halides is 3. The van der Waals surface area contributed by atoms with E-state index in [9.17, 15) is 13.2 Å². The summed E-state index contributed by atoms with van der Waals surface area (Å²) in [6.07, 6.45) is -3.03. The number of rotatable bonds is 4. The molecule has 5 aromatic rings. The number of hydrogen-bond donors (Lipinski definition) is 0. The van der Waals surface area contributed by atoms with Crippen LogP contribution in [0.4, 0.5) is 13.2 Å². The number of methoxy groups -OCH3 is 1. The molecule has 0 aliphatic rings. The molecule has 0 saturated carbocycles. The Balaban J connectivity index is 1.57. The van der Waals surface area contributed by atoms with Gasteiger partial charge >= 0.3 is 6.18 Å². The van der Waals surface area contributed by atoms with Crippen LogP contribution in [0.1, 0.15) is 17.1 Å². The number of aromatic nitrogens is 5. The number of hydrogen-bond acceptors (Lipinski definition) is 7. The molecule has 5 rings (SSSR count). The molecule has 7 nitrogen and oxygen atoms in total. The average Bonchev–Trinajstić information content (AvgIpc) is 3.32. The standard InChI is InChI=1S/C20H14F3N5O2S/c1-10-7-13(20(21,22)23)25-19-15(10)16-17(31-19)18-26-14(27-28(18)9-24-16)8-30-12-6-4-3-5-11(12)29-2/h3-7,9H,8H2,1-2H3. The minimum absolute atomic E-state index is 0.0872. The predicted octanol–water partition coefficient (Wildman–Crippen LogP) is 4.80. The maximum atomic E-state index is 13.2. The minimum Gasteiger partial charge on any atom is -0.493 e. The molecule has 0 bridgehead atoms. The molecule has 0 aliphatic heterocycles. The lowest BCUT2D eigenvalue weighted by atomic mass is 10.1. The first kappa shape index (κ1) is 19.5. The van der Waals surface area contributed by atoms with Gasteiger partial charge in [0.25, 0.3) is 0 Å². The molecule has 1 aromatic carbocycles. The van der Waals surface area contributed by atoms with E-state index >= 15 is 0 Å². The number of benzene rings is 1. The van der Waals surface area contributed by atoms with Crippen LogP contribution in [0.2, 0.25) is 0 Å². The van der Waals surface area contributed by atoms with Gasteiger partial charge in [0.05, 0.1) is 12.6 Å². The highest BCUT2D eigenvalue weighted by Crippen LogP contribution is 2.38. The molecular formula is C20H14F3N5O2S. The number of nitrogens with zero attached hydrogens (tertiary/aromatic N) is 5. The van der Waals surface area contributed by atoms with Gasteiger partial charge in [-0.05, 0) is 30.7 Å². The molecule has 0 radical (unpaired) electrons. The van der Waals surface area contributed by atoms with Gasteiger partial charge in [0.2, 0.25) is 0 Å². The van der Waals surface area contributed by atoms with Gasteiger partial charge in [-0.25, -0.2) is 19.5 Å². The summed E-state index contributed by atoms with van der Waals surface area (Å²) in [6.45, 7) is 1.71. The monoisotopic (exact) mass is 445 g/mol. The highest BCUT2D eigenvalue weighted by Gasteiger charge is 2.33.